The second-order valence-corrected chi connectivity index (χ2v) is 6.74. The molecule has 0 saturated carbocycles. The average Bonchev–Trinajstić information content (AvgIpc) is 2.71. The van der Waals surface area contributed by atoms with Crippen LogP contribution in [0.15, 0.2) is 60.9 Å². The van der Waals surface area contributed by atoms with E-state index in [1.165, 1.54) is 0 Å². The molecule has 0 saturated heterocycles. The van der Waals surface area contributed by atoms with Gasteiger partial charge in [-0.05, 0) is 41.8 Å². The molecule has 1 aliphatic heterocycles. The van der Waals surface area contributed by atoms with Crippen molar-refractivity contribution in [2.45, 2.75) is 19.5 Å². The van der Waals surface area contributed by atoms with Gasteiger partial charge in [-0.15, -0.1) is 0 Å². The first-order valence-electron chi connectivity index (χ1n) is 9.08. The van der Waals surface area contributed by atoms with Crippen molar-refractivity contribution in [2.75, 3.05) is 11.1 Å². The molecule has 6 nitrogen and oxygen atoms in total. The molecule has 1 aliphatic rings. The van der Waals surface area contributed by atoms with Crippen molar-refractivity contribution in [1.29, 1.82) is 0 Å². The lowest BCUT2D eigenvalue weighted by molar-refractivity contribution is -0.112. The lowest BCUT2D eigenvalue weighted by Gasteiger charge is -2.32. The van der Waals surface area contributed by atoms with Crippen molar-refractivity contribution in [2.24, 2.45) is 0 Å². The summed E-state index contributed by atoms with van der Waals surface area (Å²) in [6.07, 6.45) is 6.54. The number of fused-ring (bicyclic) bond motifs is 1. The van der Waals surface area contributed by atoms with Gasteiger partial charge < -0.3 is 20.7 Å². The van der Waals surface area contributed by atoms with Crippen LogP contribution in [0.5, 0.6) is 0 Å². The Balaban J connectivity index is 1.65. The Labute approximate surface area is 163 Å². The molecule has 0 amide bonds. The highest BCUT2D eigenvalue weighted by Crippen LogP contribution is 2.35. The van der Waals surface area contributed by atoms with E-state index in [0.29, 0.717) is 18.2 Å². The quantitative estimate of drug-likeness (QED) is 0.663. The molecule has 3 aromatic rings. The summed E-state index contributed by atoms with van der Waals surface area (Å²) in [5.41, 5.74) is 10.0. The summed E-state index contributed by atoms with van der Waals surface area (Å²) in [4.78, 5) is 22.7. The minimum absolute atomic E-state index is 0.341. The molecule has 0 spiro atoms. The number of anilines is 3. The van der Waals surface area contributed by atoms with Crippen LogP contribution in [-0.4, -0.2) is 21.2 Å². The van der Waals surface area contributed by atoms with Gasteiger partial charge in [0.1, 0.15) is 29.8 Å². The Morgan fingerprint density at radius 3 is 2.79 bits per heavy atom. The molecule has 3 heterocycles. The summed E-state index contributed by atoms with van der Waals surface area (Å²) in [7, 11) is 0. The standard InChI is InChI=1S/C22H21N5O/c1-15-6-5-10-24-22(15)26-19-12-17-9-11-27(13-16-7-3-2-4-8-16)18(14-28)20(17)21(23)25-19/h2-12,14,18H,13H2,1H3,(H3,23,24,25,26). The Bertz CT molecular complexity index is 1030. The number of aromatic nitrogens is 2. The van der Waals surface area contributed by atoms with E-state index in [1.807, 2.05) is 72.6 Å². The van der Waals surface area contributed by atoms with Crippen LogP contribution in [-0.2, 0) is 11.3 Å². The molecule has 1 atom stereocenters. The van der Waals surface area contributed by atoms with E-state index in [4.69, 9.17) is 5.73 Å². The largest absolute Gasteiger partial charge is 0.383 e. The van der Waals surface area contributed by atoms with Crippen molar-refractivity contribution in [3.63, 3.8) is 0 Å². The fourth-order valence-corrected chi connectivity index (χ4v) is 3.38. The molecule has 0 radical (unpaired) electrons. The average molecular weight is 371 g/mol. The maximum Gasteiger partial charge on any atom is 0.147 e. The van der Waals surface area contributed by atoms with Crippen molar-refractivity contribution in [3.8, 4) is 0 Å². The summed E-state index contributed by atoms with van der Waals surface area (Å²) >= 11 is 0. The van der Waals surface area contributed by atoms with Crippen molar-refractivity contribution in [1.82, 2.24) is 14.9 Å². The number of carbonyl (C=O) groups is 1. The monoisotopic (exact) mass is 371 g/mol. The fraction of sp³-hybridized carbons (Fsp3) is 0.136. The van der Waals surface area contributed by atoms with Gasteiger partial charge in [0.25, 0.3) is 0 Å². The molecule has 1 aromatic carbocycles. The maximum absolute atomic E-state index is 11.9. The van der Waals surface area contributed by atoms with Crippen LogP contribution < -0.4 is 11.1 Å². The van der Waals surface area contributed by atoms with Crippen LogP contribution in [0, 0.1) is 6.92 Å². The number of benzene rings is 1. The van der Waals surface area contributed by atoms with E-state index in [1.54, 1.807) is 6.20 Å². The molecule has 1 unspecified atom stereocenters. The number of hydrogen-bond acceptors (Lipinski definition) is 6. The van der Waals surface area contributed by atoms with Crippen LogP contribution in [0.4, 0.5) is 17.5 Å². The van der Waals surface area contributed by atoms with Gasteiger partial charge in [0.05, 0.1) is 0 Å². The number of nitrogens with zero attached hydrogens (tertiary/aromatic N) is 3. The molecular formula is C22H21N5O. The van der Waals surface area contributed by atoms with E-state index in [9.17, 15) is 4.79 Å². The van der Waals surface area contributed by atoms with Crippen LogP contribution in [0.3, 0.4) is 0 Å². The molecule has 4 rings (SSSR count). The molecule has 28 heavy (non-hydrogen) atoms. The molecular weight excluding hydrogens is 350 g/mol. The van der Waals surface area contributed by atoms with E-state index >= 15 is 0 Å². The highest BCUT2D eigenvalue weighted by molar-refractivity contribution is 5.76. The summed E-state index contributed by atoms with van der Waals surface area (Å²) in [6.45, 7) is 2.59. The number of rotatable bonds is 5. The number of nitrogens with one attached hydrogen (secondary N) is 1. The molecule has 2 aromatic heterocycles. The maximum atomic E-state index is 11.9. The summed E-state index contributed by atoms with van der Waals surface area (Å²) in [5, 5.41) is 3.21. The number of aryl methyl sites for hydroxylation is 1. The smallest absolute Gasteiger partial charge is 0.147 e. The zero-order valence-corrected chi connectivity index (χ0v) is 15.5. The highest BCUT2D eigenvalue weighted by atomic mass is 16.1. The van der Waals surface area contributed by atoms with Gasteiger partial charge >= 0.3 is 0 Å². The lowest BCUT2D eigenvalue weighted by atomic mass is 9.97. The predicted octanol–water partition coefficient (Wildman–Crippen LogP) is 3.84. The molecule has 0 aliphatic carbocycles. The molecule has 6 heteroatoms. The van der Waals surface area contributed by atoms with Crippen LogP contribution in [0.2, 0.25) is 0 Å². The molecule has 3 N–H and O–H groups in total. The first-order valence-corrected chi connectivity index (χ1v) is 9.08. The first-order chi connectivity index (χ1) is 13.7. The zero-order chi connectivity index (χ0) is 19.5. The van der Waals surface area contributed by atoms with E-state index in [2.05, 4.69) is 15.3 Å². The second kappa shape index (κ2) is 7.52. The summed E-state index contributed by atoms with van der Waals surface area (Å²) in [6, 6.07) is 15.3. The van der Waals surface area contributed by atoms with Gasteiger partial charge in [0, 0.05) is 24.5 Å². The third kappa shape index (κ3) is 3.44. The van der Waals surface area contributed by atoms with Gasteiger partial charge in [-0.3, -0.25) is 0 Å². The summed E-state index contributed by atoms with van der Waals surface area (Å²) in [5.74, 6) is 1.67. The number of nitrogen functional groups attached to an aromatic ring is 1. The highest BCUT2D eigenvalue weighted by Gasteiger charge is 2.27. The minimum atomic E-state index is -0.474. The van der Waals surface area contributed by atoms with Crippen LogP contribution >= 0.6 is 0 Å². The van der Waals surface area contributed by atoms with Gasteiger partial charge in [-0.1, -0.05) is 36.4 Å². The van der Waals surface area contributed by atoms with Crippen molar-refractivity contribution < 1.29 is 4.79 Å². The fourth-order valence-electron chi connectivity index (χ4n) is 3.38. The van der Waals surface area contributed by atoms with E-state index in [-0.39, 0.29) is 0 Å². The Morgan fingerprint density at radius 2 is 2.04 bits per heavy atom. The van der Waals surface area contributed by atoms with E-state index < -0.39 is 6.04 Å². The minimum Gasteiger partial charge on any atom is -0.383 e. The molecule has 0 fully saturated rings. The third-order valence-electron chi connectivity index (χ3n) is 4.81. The Hall–Kier alpha value is -3.67. The summed E-state index contributed by atoms with van der Waals surface area (Å²) < 4.78 is 0. The molecule has 0 bridgehead atoms. The third-order valence-corrected chi connectivity index (χ3v) is 4.81. The Morgan fingerprint density at radius 1 is 1.21 bits per heavy atom. The first kappa shape index (κ1) is 17.7. The van der Waals surface area contributed by atoms with E-state index in [0.717, 1.165) is 34.4 Å². The predicted molar refractivity (Wildman–Crippen MR) is 111 cm³/mol. The van der Waals surface area contributed by atoms with Crippen molar-refractivity contribution in [3.05, 3.63) is 83.2 Å². The Kier molecular flexibility index (Phi) is 4.76. The zero-order valence-electron chi connectivity index (χ0n) is 15.5. The number of aldehydes is 1. The normalized spacial score (nSPS) is 15.2. The van der Waals surface area contributed by atoms with Gasteiger partial charge in [0.15, 0.2) is 0 Å². The second-order valence-electron chi connectivity index (χ2n) is 6.74. The van der Waals surface area contributed by atoms with Crippen molar-refractivity contribution >= 4 is 29.8 Å². The topological polar surface area (TPSA) is 84.1 Å². The van der Waals surface area contributed by atoms with Crippen LogP contribution in [0.1, 0.15) is 28.3 Å². The van der Waals surface area contributed by atoms with Crippen LogP contribution in [0.25, 0.3) is 6.08 Å². The van der Waals surface area contributed by atoms with Gasteiger partial charge in [-0.25, -0.2) is 9.97 Å². The number of hydrogen-bond donors (Lipinski definition) is 2. The number of carbonyl (C=O) groups excluding carboxylic acids is 1. The lowest BCUT2D eigenvalue weighted by Crippen LogP contribution is -2.28. The SMILES string of the molecule is Cc1cccnc1Nc1cc2c(c(N)n1)C(C=O)N(Cc1ccccc1)C=C2. The number of pyridine rings is 2. The van der Waals surface area contributed by atoms with Gasteiger partial charge in [-0.2, -0.15) is 0 Å². The number of nitrogens with two attached hydrogens (primary N) is 1. The molecule has 140 valence electrons. The van der Waals surface area contributed by atoms with Gasteiger partial charge in [0.2, 0.25) is 0 Å².